The summed E-state index contributed by atoms with van der Waals surface area (Å²) in [6.45, 7) is 4.11. The highest BCUT2D eigenvalue weighted by molar-refractivity contribution is 5.88. The molecule has 0 aliphatic carbocycles. The standard InChI is InChI=1S/C21H25FN2O2/c1-4-19(21(26)23-3)24(14-16-8-10-18(22)11-9-16)20(25)13-17-7-5-6-15(2)12-17/h5-12,19H,4,13-14H2,1-3H3,(H,23,26)/t19-/m1/s1. The first-order valence-corrected chi connectivity index (χ1v) is 8.75. The second-order valence-corrected chi connectivity index (χ2v) is 6.35. The van der Waals surface area contributed by atoms with E-state index in [9.17, 15) is 14.0 Å². The van der Waals surface area contributed by atoms with E-state index in [0.29, 0.717) is 6.42 Å². The minimum atomic E-state index is -0.567. The molecule has 1 N–H and O–H groups in total. The van der Waals surface area contributed by atoms with Gasteiger partial charge in [-0.05, 0) is 36.6 Å². The van der Waals surface area contributed by atoms with Crippen molar-refractivity contribution in [1.29, 1.82) is 0 Å². The molecule has 0 saturated carbocycles. The van der Waals surface area contributed by atoms with Gasteiger partial charge in [0, 0.05) is 13.6 Å². The number of hydrogen-bond donors (Lipinski definition) is 1. The van der Waals surface area contributed by atoms with Gasteiger partial charge < -0.3 is 10.2 Å². The fourth-order valence-corrected chi connectivity index (χ4v) is 2.97. The Morgan fingerprint density at radius 1 is 1.12 bits per heavy atom. The van der Waals surface area contributed by atoms with Crippen LogP contribution in [0.3, 0.4) is 0 Å². The lowest BCUT2D eigenvalue weighted by atomic mass is 10.1. The number of hydrogen-bond acceptors (Lipinski definition) is 2. The summed E-state index contributed by atoms with van der Waals surface area (Å²) in [5, 5.41) is 2.63. The molecule has 26 heavy (non-hydrogen) atoms. The molecule has 2 aromatic rings. The van der Waals surface area contributed by atoms with Crippen LogP contribution in [0.4, 0.5) is 4.39 Å². The number of carbonyl (C=O) groups is 2. The molecule has 0 bridgehead atoms. The summed E-state index contributed by atoms with van der Waals surface area (Å²) in [5.41, 5.74) is 2.77. The fourth-order valence-electron chi connectivity index (χ4n) is 2.97. The molecule has 0 radical (unpaired) electrons. The summed E-state index contributed by atoms with van der Waals surface area (Å²) in [6, 6.07) is 13.2. The number of aryl methyl sites for hydroxylation is 1. The van der Waals surface area contributed by atoms with Crippen molar-refractivity contribution in [3.8, 4) is 0 Å². The highest BCUT2D eigenvalue weighted by Gasteiger charge is 2.27. The van der Waals surface area contributed by atoms with Gasteiger partial charge in [0.15, 0.2) is 0 Å². The third kappa shape index (κ3) is 5.15. The van der Waals surface area contributed by atoms with E-state index in [-0.39, 0.29) is 30.6 Å². The van der Waals surface area contributed by atoms with Crippen molar-refractivity contribution in [3.63, 3.8) is 0 Å². The van der Waals surface area contributed by atoms with Gasteiger partial charge in [0.1, 0.15) is 11.9 Å². The molecule has 4 nitrogen and oxygen atoms in total. The largest absolute Gasteiger partial charge is 0.357 e. The summed E-state index contributed by atoms with van der Waals surface area (Å²) in [4.78, 5) is 26.8. The first-order valence-electron chi connectivity index (χ1n) is 8.75. The molecule has 2 aromatic carbocycles. The molecule has 0 fully saturated rings. The number of rotatable bonds is 7. The molecule has 0 spiro atoms. The Morgan fingerprint density at radius 2 is 1.81 bits per heavy atom. The Morgan fingerprint density at radius 3 is 2.38 bits per heavy atom. The van der Waals surface area contributed by atoms with Crippen LogP contribution >= 0.6 is 0 Å². The minimum Gasteiger partial charge on any atom is -0.357 e. The molecule has 2 amide bonds. The lowest BCUT2D eigenvalue weighted by Crippen LogP contribution is -2.48. The van der Waals surface area contributed by atoms with Crippen molar-refractivity contribution in [2.75, 3.05) is 7.05 Å². The smallest absolute Gasteiger partial charge is 0.242 e. The average molecular weight is 356 g/mol. The van der Waals surface area contributed by atoms with E-state index in [1.165, 1.54) is 12.1 Å². The molecule has 5 heteroatoms. The van der Waals surface area contributed by atoms with Crippen LogP contribution in [-0.4, -0.2) is 29.8 Å². The monoisotopic (exact) mass is 356 g/mol. The van der Waals surface area contributed by atoms with Crippen LogP contribution in [-0.2, 0) is 22.6 Å². The van der Waals surface area contributed by atoms with Crippen LogP contribution in [0, 0.1) is 12.7 Å². The third-order valence-corrected chi connectivity index (χ3v) is 4.34. The van der Waals surface area contributed by atoms with Gasteiger partial charge in [-0.1, -0.05) is 48.9 Å². The van der Waals surface area contributed by atoms with Gasteiger partial charge in [-0.25, -0.2) is 4.39 Å². The zero-order valence-electron chi connectivity index (χ0n) is 15.5. The van der Waals surface area contributed by atoms with E-state index in [4.69, 9.17) is 0 Å². The molecule has 0 heterocycles. The Bertz CT molecular complexity index is 759. The first kappa shape index (κ1) is 19.6. The lowest BCUT2D eigenvalue weighted by Gasteiger charge is -2.30. The van der Waals surface area contributed by atoms with Crippen molar-refractivity contribution < 1.29 is 14.0 Å². The van der Waals surface area contributed by atoms with Gasteiger partial charge in [-0.15, -0.1) is 0 Å². The first-order chi connectivity index (χ1) is 12.4. The summed E-state index contributed by atoms with van der Waals surface area (Å²) in [6.07, 6.45) is 0.719. The van der Waals surface area contributed by atoms with E-state index in [1.54, 1.807) is 24.1 Å². The van der Waals surface area contributed by atoms with Crippen LogP contribution in [0.25, 0.3) is 0 Å². The van der Waals surface area contributed by atoms with Crippen molar-refractivity contribution in [2.24, 2.45) is 0 Å². The summed E-state index contributed by atoms with van der Waals surface area (Å²) >= 11 is 0. The molecule has 1 atom stereocenters. The SMILES string of the molecule is CC[C@H](C(=O)NC)N(Cc1ccc(F)cc1)C(=O)Cc1cccc(C)c1. The van der Waals surface area contributed by atoms with Crippen LogP contribution < -0.4 is 5.32 Å². The number of nitrogens with zero attached hydrogens (tertiary/aromatic N) is 1. The van der Waals surface area contributed by atoms with Gasteiger partial charge >= 0.3 is 0 Å². The van der Waals surface area contributed by atoms with E-state index >= 15 is 0 Å². The summed E-state index contributed by atoms with van der Waals surface area (Å²) in [5.74, 6) is -0.660. The molecule has 0 aliphatic rings. The van der Waals surface area contributed by atoms with Gasteiger partial charge in [-0.3, -0.25) is 9.59 Å². The van der Waals surface area contributed by atoms with E-state index in [1.807, 2.05) is 38.1 Å². The van der Waals surface area contributed by atoms with Crippen LogP contribution in [0.2, 0.25) is 0 Å². The van der Waals surface area contributed by atoms with E-state index in [0.717, 1.165) is 16.7 Å². The molecule has 0 unspecified atom stereocenters. The maximum Gasteiger partial charge on any atom is 0.242 e. The maximum absolute atomic E-state index is 13.2. The van der Waals surface area contributed by atoms with Gasteiger partial charge in [0.25, 0.3) is 0 Å². The number of amides is 2. The highest BCUT2D eigenvalue weighted by atomic mass is 19.1. The van der Waals surface area contributed by atoms with Gasteiger partial charge in [0.2, 0.25) is 11.8 Å². The predicted molar refractivity (Wildman–Crippen MR) is 100.0 cm³/mol. The number of benzene rings is 2. The minimum absolute atomic E-state index is 0.129. The fraction of sp³-hybridized carbons (Fsp3) is 0.333. The average Bonchev–Trinajstić information content (AvgIpc) is 2.62. The number of carbonyl (C=O) groups excluding carboxylic acids is 2. The van der Waals surface area contributed by atoms with Crippen LogP contribution in [0.15, 0.2) is 48.5 Å². The van der Waals surface area contributed by atoms with Crippen molar-refractivity contribution in [1.82, 2.24) is 10.2 Å². The zero-order chi connectivity index (χ0) is 19.1. The second kappa shape index (κ2) is 9.13. The predicted octanol–water partition coefficient (Wildman–Crippen LogP) is 3.23. The lowest BCUT2D eigenvalue weighted by molar-refractivity contribution is -0.140. The molecule has 2 rings (SSSR count). The molecular formula is C21H25FN2O2. The summed E-state index contributed by atoms with van der Waals surface area (Å²) < 4.78 is 13.2. The Hall–Kier alpha value is -2.69. The number of halogens is 1. The zero-order valence-corrected chi connectivity index (χ0v) is 15.5. The Kier molecular flexibility index (Phi) is 6.89. The van der Waals surface area contributed by atoms with Crippen LogP contribution in [0.1, 0.15) is 30.0 Å². The molecule has 0 aliphatic heterocycles. The van der Waals surface area contributed by atoms with E-state index in [2.05, 4.69) is 5.32 Å². The molecule has 0 aromatic heterocycles. The maximum atomic E-state index is 13.2. The Labute approximate surface area is 154 Å². The highest BCUT2D eigenvalue weighted by Crippen LogP contribution is 2.15. The molecule has 0 saturated heterocycles. The number of likely N-dealkylation sites (N-methyl/N-ethyl adjacent to an activating group) is 1. The van der Waals surface area contributed by atoms with Crippen LogP contribution in [0.5, 0.6) is 0 Å². The van der Waals surface area contributed by atoms with Gasteiger partial charge in [-0.2, -0.15) is 0 Å². The normalized spacial score (nSPS) is 11.7. The van der Waals surface area contributed by atoms with Crippen molar-refractivity contribution in [3.05, 3.63) is 71.0 Å². The summed E-state index contributed by atoms with van der Waals surface area (Å²) in [7, 11) is 1.56. The second-order valence-electron chi connectivity index (χ2n) is 6.35. The van der Waals surface area contributed by atoms with E-state index < -0.39 is 6.04 Å². The third-order valence-electron chi connectivity index (χ3n) is 4.34. The van der Waals surface area contributed by atoms with Crippen molar-refractivity contribution >= 4 is 11.8 Å². The van der Waals surface area contributed by atoms with Crippen molar-refractivity contribution in [2.45, 2.75) is 39.3 Å². The Balaban J connectivity index is 2.27. The molecular weight excluding hydrogens is 331 g/mol. The number of nitrogens with one attached hydrogen (secondary N) is 1. The topological polar surface area (TPSA) is 49.4 Å². The molecule has 138 valence electrons. The quantitative estimate of drug-likeness (QED) is 0.828. The van der Waals surface area contributed by atoms with Gasteiger partial charge in [0.05, 0.1) is 6.42 Å².